The largest absolute Gasteiger partial charge is 0.329 e. The van der Waals surface area contributed by atoms with Crippen molar-refractivity contribution in [3.63, 3.8) is 0 Å². The molecule has 0 saturated carbocycles. The van der Waals surface area contributed by atoms with Crippen LogP contribution >= 0.6 is 0 Å². The molecule has 2 N–H and O–H groups in total. The second kappa shape index (κ2) is 4.70. The highest BCUT2D eigenvalue weighted by Crippen LogP contribution is 2.07. The molecule has 4 heteroatoms. The summed E-state index contributed by atoms with van der Waals surface area (Å²) in [6.45, 7) is 1.31. The third-order valence-corrected chi connectivity index (χ3v) is 2.27. The Balaban J connectivity index is 2.14. The van der Waals surface area contributed by atoms with Crippen LogP contribution in [0.15, 0.2) is 36.5 Å². The molecule has 0 aliphatic rings. The quantitative estimate of drug-likeness (QED) is 0.798. The van der Waals surface area contributed by atoms with Crippen LogP contribution in [0.2, 0.25) is 0 Å². The number of nitrogens with zero attached hydrogens (tertiary/aromatic N) is 3. The highest BCUT2D eigenvalue weighted by Gasteiger charge is 2.03. The van der Waals surface area contributed by atoms with E-state index in [1.54, 1.807) is 6.20 Å². The summed E-state index contributed by atoms with van der Waals surface area (Å²) in [4.78, 5) is 0. The lowest BCUT2D eigenvalue weighted by molar-refractivity contribution is 0.578. The standard InChI is InChI=1S/C11H14N4/c12-6-7-15-11(9-13-14-15)8-10-4-2-1-3-5-10/h1-5,9H,6-8,12H2. The molecule has 0 unspecified atom stereocenters. The van der Waals surface area contributed by atoms with Gasteiger partial charge in [-0.1, -0.05) is 35.5 Å². The molecule has 1 aromatic carbocycles. The summed E-state index contributed by atoms with van der Waals surface area (Å²) in [5, 5.41) is 7.88. The summed E-state index contributed by atoms with van der Waals surface area (Å²) in [7, 11) is 0. The Kier molecular flexibility index (Phi) is 3.09. The number of rotatable bonds is 4. The van der Waals surface area contributed by atoms with E-state index in [0.29, 0.717) is 6.54 Å². The van der Waals surface area contributed by atoms with Gasteiger partial charge >= 0.3 is 0 Å². The van der Waals surface area contributed by atoms with Gasteiger partial charge in [-0.05, 0) is 5.56 Å². The summed E-state index contributed by atoms with van der Waals surface area (Å²) in [5.74, 6) is 0. The Bertz CT molecular complexity index is 408. The van der Waals surface area contributed by atoms with Crippen molar-refractivity contribution < 1.29 is 0 Å². The van der Waals surface area contributed by atoms with Gasteiger partial charge in [-0.3, -0.25) is 0 Å². The van der Waals surface area contributed by atoms with E-state index in [2.05, 4.69) is 22.4 Å². The number of nitrogens with two attached hydrogens (primary N) is 1. The summed E-state index contributed by atoms with van der Waals surface area (Å²) in [5.41, 5.74) is 7.86. The lowest BCUT2D eigenvalue weighted by Gasteiger charge is -2.04. The lowest BCUT2D eigenvalue weighted by atomic mass is 10.1. The molecule has 0 spiro atoms. The van der Waals surface area contributed by atoms with Gasteiger partial charge < -0.3 is 5.73 Å². The van der Waals surface area contributed by atoms with E-state index in [-0.39, 0.29) is 0 Å². The van der Waals surface area contributed by atoms with Gasteiger partial charge in [0.2, 0.25) is 0 Å². The number of hydrogen-bond donors (Lipinski definition) is 1. The van der Waals surface area contributed by atoms with Gasteiger partial charge in [0.15, 0.2) is 0 Å². The van der Waals surface area contributed by atoms with Crippen molar-refractivity contribution in [2.75, 3.05) is 6.54 Å². The fourth-order valence-corrected chi connectivity index (χ4v) is 1.53. The van der Waals surface area contributed by atoms with Crippen LogP contribution in [0.3, 0.4) is 0 Å². The molecule has 0 amide bonds. The first kappa shape index (κ1) is 9.86. The Labute approximate surface area is 88.7 Å². The second-order valence-electron chi connectivity index (χ2n) is 3.40. The van der Waals surface area contributed by atoms with Crippen LogP contribution in [0.5, 0.6) is 0 Å². The maximum atomic E-state index is 5.49. The average molecular weight is 202 g/mol. The maximum absolute atomic E-state index is 5.49. The van der Waals surface area contributed by atoms with E-state index in [0.717, 1.165) is 18.7 Å². The molecule has 0 saturated heterocycles. The minimum absolute atomic E-state index is 0.588. The van der Waals surface area contributed by atoms with Crippen LogP contribution in [-0.4, -0.2) is 21.5 Å². The van der Waals surface area contributed by atoms with Crippen molar-refractivity contribution in [2.45, 2.75) is 13.0 Å². The van der Waals surface area contributed by atoms with Crippen LogP contribution in [0, 0.1) is 0 Å². The molecular weight excluding hydrogens is 188 g/mol. The van der Waals surface area contributed by atoms with Crippen molar-refractivity contribution in [1.29, 1.82) is 0 Å². The van der Waals surface area contributed by atoms with Crippen LogP contribution < -0.4 is 5.73 Å². The summed E-state index contributed by atoms with van der Waals surface area (Å²) in [6.07, 6.45) is 2.65. The van der Waals surface area contributed by atoms with Gasteiger partial charge in [0.05, 0.1) is 18.4 Å². The minimum atomic E-state index is 0.588. The third kappa shape index (κ3) is 2.41. The number of hydrogen-bond acceptors (Lipinski definition) is 3. The first-order valence-electron chi connectivity index (χ1n) is 5.01. The van der Waals surface area contributed by atoms with Gasteiger partial charge in [-0.25, -0.2) is 4.68 Å². The Morgan fingerprint density at radius 2 is 2.00 bits per heavy atom. The average Bonchev–Trinajstić information content (AvgIpc) is 2.68. The van der Waals surface area contributed by atoms with Crippen LogP contribution in [0.4, 0.5) is 0 Å². The summed E-state index contributed by atoms with van der Waals surface area (Å²) < 4.78 is 1.85. The normalized spacial score (nSPS) is 10.5. The topological polar surface area (TPSA) is 56.7 Å². The van der Waals surface area contributed by atoms with Crippen LogP contribution in [0.1, 0.15) is 11.3 Å². The Hall–Kier alpha value is -1.68. The van der Waals surface area contributed by atoms with Gasteiger partial charge in [0.25, 0.3) is 0 Å². The highest BCUT2D eigenvalue weighted by molar-refractivity contribution is 5.20. The van der Waals surface area contributed by atoms with Gasteiger partial charge in [0, 0.05) is 13.0 Å². The van der Waals surface area contributed by atoms with Gasteiger partial charge in [-0.15, -0.1) is 5.10 Å². The van der Waals surface area contributed by atoms with E-state index in [1.165, 1.54) is 5.56 Å². The smallest absolute Gasteiger partial charge is 0.0728 e. The van der Waals surface area contributed by atoms with E-state index in [1.807, 2.05) is 22.9 Å². The van der Waals surface area contributed by atoms with E-state index in [4.69, 9.17) is 5.73 Å². The molecule has 0 atom stereocenters. The molecule has 0 bridgehead atoms. The van der Waals surface area contributed by atoms with Gasteiger partial charge in [-0.2, -0.15) is 0 Å². The molecule has 0 aliphatic carbocycles. The number of aromatic nitrogens is 3. The van der Waals surface area contributed by atoms with Crippen molar-refractivity contribution in [1.82, 2.24) is 15.0 Å². The van der Waals surface area contributed by atoms with Gasteiger partial charge in [0.1, 0.15) is 0 Å². The van der Waals surface area contributed by atoms with E-state index < -0.39 is 0 Å². The molecule has 4 nitrogen and oxygen atoms in total. The second-order valence-corrected chi connectivity index (χ2v) is 3.40. The van der Waals surface area contributed by atoms with Crippen molar-refractivity contribution in [2.24, 2.45) is 5.73 Å². The summed E-state index contributed by atoms with van der Waals surface area (Å²) in [6, 6.07) is 10.3. The zero-order valence-corrected chi connectivity index (χ0v) is 8.50. The predicted molar refractivity (Wildman–Crippen MR) is 58.3 cm³/mol. The van der Waals surface area contributed by atoms with E-state index in [9.17, 15) is 0 Å². The molecule has 1 heterocycles. The fraction of sp³-hybridized carbons (Fsp3) is 0.273. The first-order valence-corrected chi connectivity index (χ1v) is 5.01. The third-order valence-electron chi connectivity index (χ3n) is 2.27. The molecule has 0 fully saturated rings. The monoisotopic (exact) mass is 202 g/mol. The zero-order chi connectivity index (χ0) is 10.5. The molecule has 2 rings (SSSR count). The Morgan fingerprint density at radius 3 is 2.73 bits per heavy atom. The molecular formula is C11H14N4. The number of benzene rings is 1. The van der Waals surface area contributed by atoms with Crippen LogP contribution in [-0.2, 0) is 13.0 Å². The molecule has 15 heavy (non-hydrogen) atoms. The fourth-order valence-electron chi connectivity index (χ4n) is 1.53. The van der Waals surface area contributed by atoms with Crippen molar-refractivity contribution in [3.05, 3.63) is 47.8 Å². The SMILES string of the molecule is NCCn1nncc1Cc1ccccc1. The highest BCUT2D eigenvalue weighted by atomic mass is 15.4. The molecule has 0 aliphatic heterocycles. The van der Waals surface area contributed by atoms with Crippen molar-refractivity contribution in [3.8, 4) is 0 Å². The zero-order valence-electron chi connectivity index (χ0n) is 8.50. The predicted octanol–water partition coefficient (Wildman–Crippen LogP) is 0.828. The maximum Gasteiger partial charge on any atom is 0.0728 e. The minimum Gasteiger partial charge on any atom is -0.329 e. The molecule has 2 aromatic rings. The van der Waals surface area contributed by atoms with E-state index >= 15 is 0 Å². The summed E-state index contributed by atoms with van der Waals surface area (Å²) >= 11 is 0. The Morgan fingerprint density at radius 1 is 1.20 bits per heavy atom. The molecule has 1 aromatic heterocycles. The first-order chi connectivity index (χ1) is 7.40. The lowest BCUT2D eigenvalue weighted by Crippen LogP contribution is -2.13. The van der Waals surface area contributed by atoms with Crippen molar-refractivity contribution >= 4 is 0 Å². The molecule has 0 radical (unpaired) electrons. The molecule has 78 valence electrons. The van der Waals surface area contributed by atoms with Crippen LogP contribution in [0.25, 0.3) is 0 Å².